The van der Waals surface area contributed by atoms with E-state index in [9.17, 15) is 14.4 Å². The van der Waals surface area contributed by atoms with Gasteiger partial charge < -0.3 is 9.47 Å². The van der Waals surface area contributed by atoms with Crippen LogP contribution in [0.3, 0.4) is 0 Å². The van der Waals surface area contributed by atoms with Gasteiger partial charge in [-0.3, -0.25) is 9.59 Å². The summed E-state index contributed by atoms with van der Waals surface area (Å²) in [6.07, 6.45) is 0.894. The number of ketones is 2. The van der Waals surface area contributed by atoms with Crippen LogP contribution in [0.15, 0.2) is 18.2 Å². The van der Waals surface area contributed by atoms with Crippen molar-refractivity contribution < 1.29 is 23.9 Å². The number of benzene rings is 1. The number of fused-ring (bicyclic) bond motifs is 1. The number of rotatable bonds is 4. The smallest absolute Gasteiger partial charge is 0.375 e. The summed E-state index contributed by atoms with van der Waals surface area (Å²) in [5.41, 5.74) is 1.34. The Balaban J connectivity index is 2.23. The first-order valence-corrected chi connectivity index (χ1v) is 6.50. The summed E-state index contributed by atoms with van der Waals surface area (Å²) in [6, 6.07) is 5.10. The van der Waals surface area contributed by atoms with Crippen LogP contribution in [0.1, 0.15) is 29.3 Å². The van der Waals surface area contributed by atoms with Crippen molar-refractivity contribution in [2.45, 2.75) is 19.8 Å². The summed E-state index contributed by atoms with van der Waals surface area (Å²) in [7, 11) is 1.56. The molecule has 0 aromatic heterocycles. The average molecular weight is 276 g/mol. The van der Waals surface area contributed by atoms with Crippen LogP contribution in [-0.4, -0.2) is 31.3 Å². The van der Waals surface area contributed by atoms with Gasteiger partial charge >= 0.3 is 5.97 Å². The maximum atomic E-state index is 12.3. The fourth-order valence-electron chi connectivity index (χ4n) is 2.36. The lowest BCUT2D eigenvalue weighted by molar-refractivity contribution is -0.154. The molecule has 1 aliphatic carbocycles. The summed E-state index contributed by atoms with van der Waals surface area (Å²) in [6.45, 7) is 1.74. The first-order valence-electron chi connectivity index (χ1n) is 6.50. The largest absolute Gasteiger partial charge is 0.497 e. The monoisotopic (exact) mass is 276 g/mol. The molecule has 5 heteroatoms. The third-order valence-corrected chi connectivity index (χ3v) is 3.39. The van der Waals surface area contributed by atoms with Gasteiger partial charge in [0.15, 0.2) is 5.78 Å². The quantitative estimate of drug-likeness (QED) is 0.474. The van der Waals surface area contributed by atoms with Crippen LogP contribution in [0, 0.1) is 5.92 Å². The molecule has 0 N–H and O–H groups in total. The molecule has 0 amide bonds. The van der Waals surface area contributed by atoms with Gasteiger partial charge in [0.05, 0.1) is 19.6 Å². The van der Waals surface area contributed by atoms with E-state index in [1.54, 1.807) is 32.2 Å². The molecule has 1 unspecified atom stereocenters. The Bertz CT molecular complexity index is 561. The highest BCUT2D eigenvalue weighted by atomic mass is 16.5. The number of carbonyl (C=O) groups is 3. The normalized spacial score (nSPS) is 17.3. The van der Waals surface area contributed by atoms with Crippen molar-refractivity contribution >= 4 is 17.5 Å². The molecule has 106 valence electrons. The predicted octanol–water partition coefficient (Wildman–Crippen LogP) is 1.57. The Morgan fingerprint density at radius 2 is 2.10 bits per heavy atom. The Hall–Kier alpha value is -2.17. The highest BCUT2D eigenvalue weighted by Crippen LogP contribution is 2.29. The molecule has 1 aromatic carbocycles. The minimum absolute atomic E-state index is 0.124. The van der Waals surface area contributed by atoms with Crippen LogP contribution in [0.4, 0.5) is 0 Å². The molecule has 1 aliphatic rings. The van der Waals surface area contributed by atoms with Gasteiger partial charge in [-0.15, -0.1) is 0 Å². The van der Waals surface area contributed by atoms with Crippen molar-refractivity contribution in [3.63, 3.8) is 0 Å². The molecule has 5 nitrogen and oxygen atoms in total. The second-order valence-electron chi connectivity index (χ2n) is 4.56. The molecular formula is C15H16O5. The maximum absolute atomic E-state index is 12.3. The van der Waals surface area contributed by atoms with Crippen molar-refractivity contribution in [3.05, 3.63) is 29.3 Å². The average Bonchev–Trinajstić information content (AvgIpc) is 2.46. The molecule has 0 fully saturated rings. The molecule has 1 atom stereocenters. The standard InChI is InChI=1S/C15H16O5/c1-3-20-15(18)14(17)12-6-4-9-8-10(19-2)5-7-11(9)13(12)16/h5,7-8,12H,3-4,6H2,1-2H3. The zero-order chi connectivity index (χ0) is 14.7. The van der Waals surface area contributed by atoms with E-state index in [4.69, 9.17) is 4.74 Å². The van der Waals surface area contributed by atoms with Gasteiger partial charge in [0.1, 0.15) is 5.75 Å². The lowest BCUT2D eigenvalue weighted by Gasteiger charge is -2.22. The topological polar surface area (TPSA) is 69.7 Å². The van der Waals surface area contributed by atoms with Crippen LogP contribution in [0.25, 0.3) is 0 Å². The molecule has 0 radical (unpaired) electrons. The van der Waals surface area contributed by atoms with Crippen molar-refractivity contribution in [2.75, 3.05) is 13.7 Å². The number of ether oxygens (including phenoxy) is 2. The second-order valence-corrected chi connectivity index (χ2v) is 4.56. The Morgan fingerprint density at radius 1 is 1.35 bits per heavy atom. The summed E-state index contributed by atoms with van der Waals surface area (Å²) in [5, 5.41) is 0. The van der Waals surface area contributed by atoms with Gasteiger partial charge in [0.2, 0.25) is 0 Å². The lowest BCUT2D eigenvalue weighted by Crippen LogP contribution is -2.35. The van der Waals surface area contributed by atoms with E-state index in [2.05, 4.69) is 4.74 Å². The molecule has 2 rings (SSSR count). The zero-order valence-corrected chi connectivity index (χ0v) is 11.5. The van der Waals surface area contributed by atoms with E-state index in [0.29, 0.717) is 24.2 Å². The first-order chi connectivity index (χ1) is 9.58. The van der Waals surface area contributed by atoms with Crippen molar-refractivity contribution in [1.29, 1.82) is 0 Å². The van der Waals surface area contributed by atoms with Gasteiger partial charge in [0, 0.05) is 5.56 Å². The number of hydrogen-bond donors (Lipinski definition) is 0. The van der Waals surface area contributed by atoms with Crippen LogP contribution in [-0.2, 0) is 20.7 Å². The van der Waals surface area contributed by atoms with Gasteiger partial charge in [-0.1, -0.05) is 0 Å². The molecule has 1 aromatic rings. The number of methoxy groups -OCH3 is 1. The van der Waals surface area contributed by atoms with Crippen LogP contribution in [0.2, 0.25) is 0 Å². The molecule has 0 saturated carbocycles. The third kappa shape index (κ3) is 2.57. The SMILES string of the molecule is CCOC(=O)C(=O)C1CCc2cc(OC)ccc2C1=O. The Kier molecular flexibility index (Phi) is 4.17. The second kappa shape index (κ2) is 5.86. The summed E-state index contributed by atoms with van der Waals surface area (Å²) in [4.78, 5) is 35.7. The lowest BCUT2D eigenvalue weighted by atomic mass is 9.80. The number of hydrogen-bond acceptors (Lipinski definition) is 5. The number of Topliss-reactive ketones (excluding diaryl/α,β-unsaturated/α-hetero) is 2. The van der Waals surface area contributed by atoms with Crippen molar-refractivity contribution in [1.82, 2.24) is 0 Å². The molecule has 20 heavy (non-hydrogen) atoms. The van der Waals surface area contributed by atoms with Crippen LogP contribution < -0.4 is 4.74 Å². The predicted molar refractivity (Wildman–Crippen MR) is 70.8 cm³/mol. The summed E-state index contributed by atoms with van der Waals surface area (Å²) >= 11 is 0. The van der Waals surface area contributed by atoms with Gasteiger partial charge in [-0.25, -0.2) is 4.79 Å². The first kappa shape index (κ1) is 14.2. The van der Waals surface area contributed by atoms with Gasteiger partial charge in [-0.05, 0) is 43.5 Å². The van der Waals surface area contributed by atoms with E-state index < -0.39 is 17.7 Å². The number of carbonyl (C=O) groups excluding carboxylic acids is 3. The van der Waals surface area contributed by atoms with E-state index in [0.717, 1.165) is 5.56 Å². The maximum Gasteiger partial charge on any atom is 0.375 e. The highest BCUT2D eigenvalue weighted by Gasteiger charge is 2.36. The van der Waals surface area contributed by atoms with Crippen LogP contribution >= 0.6 is 0 Å². The molecule has 0 bridgehead atoms. The van der Waals surface area contributed by atoms with E-state index >= 15 is 0 Å². The number of esters is 1. The van der Waals surface area contributed by atoms with Crippen LogP contribution in [0.5, 0.6) is 5.75 Å². The summed E-state index contributed by atoms with van der Waals surface area (Å²) < 4.78 is 9.78. The minimum atomic E-state index is -0.928. The van der Waals surface area contributed by atoms with Gasteiger partial charge in [0.25, 0.3) is 5.78 Å². The van der Waals surface area contributed by atoms with Gasteiger partial charge in [-0.2, -0.15) is 0 Å². The van der Waals surface area contributed by atoms with Crippen molar-refractivity contribution in [3.8, 4) is 5.75 Å². The van der Waals surface area contributed by atoms with E-state index in [1.807, 2.05) is 0 Å². The zero-order valence-electron chi connectivity index (χ0n) is 11.5. The molecule has 0 heterocycles. The minimum Gasteiger partial charge on any atom is -0.497 e. The Morgan fingerprint density at radius 3 is 2.75 bits per heavy atom. The van der Waals surface area contributed by atoms with E-state index in [1.165, 1.54) is 0 Å². The van der Waals surface area contributed by atoms with Crippen molar-refractivity contribution in [2.24, 2.45) is 5.92 Å². The molecule has 0 saturated heterocycles. The molecule has 0 aliphatic heterocycles. The fraction of sp³-hybridized carbons (Fsp3) is 0.400. The molecular weight excluding hydrogens is 260 g/mol. The Labute approximate surface area is 116 Å². The third-order valence-electron chi connectivity index (χ3n) is 3.39. The fourth-order valence-corrected chi connectivity index (χ4v) is 2.36. The van der Waals surface area contributed by atoms with E-state index in [-0.39, 0.29) is 12.4 Å². The molecule has 0 spiro atoms. The number of aryl methyl sites for hydroxylation is 1. The highest BCUT2D eigenvalue weighted by molar-refractivity contribution is 6.39. The summed E-state index contributed by atoms with van der Waals surface area (Å²) in [5.74, 6) is -2.24.